The molecule has 5 nitrogen and oxygen atoms in total. The summed E-state index contributed by atoms with van der Waals surface area (Å²) in [4.78, 5) is 0. The van der Waals surface area contributed by atoms with Crippen LogP contribution in [0.2, 0.25) is 0 Å². The molecule has 0 saturated heterocycles. The first-order valence-electron chi connectivity index (χ1n) is 5.53. The van der Waals surface area contributed by atoms with Gasteiger partial charge in [-0.1, -0.05) is 19.1 Å². The predicted molar refractivity (Wildman–Crippen MR) is 63.2 cm³/mol. The number of hydrogen-bond acceptors (Lipinski definition) is 4. The quantitative estimate of drug-likeness (QED) is 0.866. The molecule has 1 aromatic heterocycles. The fraction of sp³-hybridized carbons (Fsp3) is 0.417. The van der Waals surface area contributed by atoms with E-state index >= 15 is 0 Å². The Labute approximate surface area is 99.3 Å². The fourth-order valence-electron chi connectivity index (χ4n) is 1.83. The van der Waals surface area contributed by atoms with Gasteiger partial charge in [0, 0.05) is 0 Å². The van der Waals surface area contributed by atoms with Gasteiger partial charge in [-0.15, -0.1) is 5.10 Å². The lowest BCUT2D eigenvalue weighted by atomic mass is 10.1. The third-order valence-electron chi connectivity index (χ3n) is 2.87. The highest BCUT2D eigenvalue weighted by Crippen LogP contribution is 2.21. The number of fused-ring (bicyclic) bond motifs is 1. The summed E-state index contributed by atoms with van der Waals surface area (Å²) in [6.45, 7) is 4.08. The Morgan fingerprint density at radius 2 is 2.24 bits per heavy atom. The molecule has 1 aromatic carbocycles. The lowest BCUT2D eigenvalue weighted by Gasteiger charge is -2.18. The van der Waals surface area contributed by atoms with Gasteiger partial charge >= 0.3 is 0 Å². The Bertz CT molecular complexity index is 567. The van der Waals surface area contributed by atoms with Gasteiger partial charge in [-0.25, -0.2) is 4.68 Å². The maximum absolute atomic E-state index is 9.39. The van der Waals surface area contributed by atoms with E-state index in [0.29, 0.717) is 11.1 Å². The molecule has 0 aliphatic heterocycles. The Kier molecular flexibility index (Phi) is 3.07. The molecule has 1 N–H and O–H groups in total. The van der Waals surface area contributed by atoms with Crippen molar-refractivity contribution < 1.29 is 5.11 Å². The van der Waals surface area contributed by atoms with E-state index in [1.165, 1.54) is 0 Å². The molecule has 0 aliphatic carbocycles. The van der Waals surface area contributed by atoms with Crippen molar-refractivity contribution in [1.29, 1.82) is 5.26 Å². The maximum Gasteiger partial charge on any atom is 0.114 e. The highest BCUT2D eigenvalue weighted by molar-refractivity contribution is 5.76. The summed E-state index contributed by atoms with van der Waals surface area (Å²) in [5.41, 5.74) is 2.09. The van der Waals surface area contributed by atoms with Crippen molar-refractivity contribution in [2.45, 2.75) is 19.9 Å². The monoisotopic (exact) mass is 230 g/mol. The summed E-state index contributed by atoms with van der Waals surface area (Å²) in [6.07, 6.45) is 0. The Morgan fingerprint density at radius 3 is 2.82 bits per heavy atom. The molecule has 0 saturated carbocycles. The molecular formula is C12H14N4O. The van der Waals surface area contributed by atoms with Crippen LogP contribution < -0.4 is 0 Å². The maximum atomic E-state index is 9.39. The molecule has 1 unspecified atom stereocenters. The number of aliphatic hydroxyl groups is 1. The second-order valence-electron chi connectivity index (χ2n) is 4.34. The largest absolute Gasteiger partial charge is 0.394 e. The minimum atomic E-state index is -0.0899. The summed E-state index contributed by atoms with van der Waals surface area (Å²) in [5, 5.41) is 26.3. The Hall–Kier alpha value is -1.93. The topological polar surface area (TPSA) is 74.7 Å². The molecule has 5 heteroatoms. The number of aromatic nitrogens is 3. The average molecular weight is 230 g/mol. The van der Waals surface area contributed by atoms with E-state index in [1.54, 1.807) is 16.8 Å². The second-order valence-corrected chi connectivity index (χ2v) is 4.34. The molecule has 0 amide bonds. The van der Waals surface area contributed by atoms with Crippen molar-refractivity contribution in [3.8, 4) is 6.07 Å². The third-order valence-corrected chi connectivity index (χ3v) is 2.87. The van der Waals surface area contributed by atoms with Crippen LogP contribution in [0.25, 0.3) is 11.0 Å². The van der Waals surface area contributed by atoms with Crippen molar-refractivity contribution in [2.75, 3.05) is 6.61 Å². The molecule has 1 atom stereocenters. The molecule has 0 radical (unpaired) electrons. The smallest absolute Gasteiger partial charge is 0.114 e. The summed E-state index contributed by atoms with van der Waals surface area (Å²) < 4.78 is 1.72. The minimum absolute atomic E-state index is 0.0239. The average Bonchev–Trinajstić information content (AvgIpc) is 2.73. The van der Waals surface area contributed by atoms with Gasteiger partial charge in [0.15, 0.2) is 0 Å². The van der Waals surface area contributed by atoms with Gasteiger partial charge in [0.2, 0.25) is 0 Å². The molecule has 1 heterocycles. The Balaban J connectivity index is 2.53. The summed E-state index contributed by atoms with van der Waals surface area (Å²) in [5.74, 6) is 0.264. The summed E-state index contributed by atoms with van der Waals surface area (Å²) in [6, 6.07) is 7.23. The molecule has 88 valence electrons. The number of benzene rings is 1. The zero-order valence-electron chi connectivity index (χ0n) is 9.83. The second kappa shape index (κ2) is 4.52. The van der Waals surface area contributed by atoms with Crippen LogP contribution in [0, 0.1) is 17.2 Å². The molecule has 2 aromatic rings. The Morgan fingerprint density at radius 1 is 1.47 bits per heavy atom. The molecule has 0 spiro atoms. The normalized spacial score (nSPS) is 12.9. The van der Waals surface area contributed by atoms with Gasteiger partial charge < -0.3 is 5.11 Å². The summed E-state index contributed by atoms with van der Waals surface area (Å²) >= 11 is 0. The van der Waals surface area contributed by atoms with Crippen LogP contribution in [0.1, 0.15) is 25.5 Å². The zero-order chi connectivity index (χ0) is 12.4. The minimum Gasteiger partial charge on any atom is -0.394 e. The van der Waals surface area contributed by atoms with E-state index in [9.17, 15) is 5.11 Å². The molecule has 0 bridgehead atoms. The first kappa shape index (κ1) is 11.6. The fourth-order valence-corrected chi connectivity index (χ4v) is 1.83. The number of hydrogen-bond donors (Lipinski definition) is 1. The van der Waals surface area contributed by atoms with Crippen LogP contribution >= 0.6 is 0 Å². The van der Waals surface area contributed by atoms with Gasteiger partial charge in [0.1, 0.15) is 5.52 Å². The van der Waals surface area contributed by atoms with Gasteiger partial charge in [-0.05, 0) is 24.1 Å². The lowest BCUT2D eigenvalue weighted by molar-refractivity contribution is 0.184. The van der Waals surface area contributed by atoms with E-state index in [2.05, 4.69) is 16.4 Å². The summed E-state index contributed by atoms with van der Waals surface area (Å²) in [7, 11) is 0. The van der Waals surface area contributed by atoms with Crippen molar-refractivity contribution in [3.63, 3.8) is 0 Å². The van der Waals surface area contributed by atoms with E-state index in [4.69, 9.17) is 5.26 Å². The van der Waals surface area contributed by atoms with E-state index in [-0.39, 0.29) is 18.6 Å². The van der Waals surface area contributed by atoms with Crippen molar-refractivity contribution in [1.82, 2.24) is 15.0 Å². The first-order chi connectivity index (χ1) is 8.17. The molecule has 0 aliphatic rings. The van der Waals surface area contributed by atoms with E-state index in [1.807, 2.05) is 19.9 Å². The third kappa shape index (κ3) is 1.99. The highest BCUT2D eigenvalue weighted by atomic mass is 16.3. The molecule has 2 rings (SSSR count). The zero-order valence-corrected chi connectivity index (χ0v) is 9.83. The van der Waals surface area contributed by atoms with Gasteiger partial charge in [-0.2, -0.15) is 5.26 Å². The highest BCUT2D eigenvalue weighted by Gasteiger charge is 2.18. The first-order valence-corrected chi connectivity index (χ1v) is 5.53. The van der Waals surface area contributed by atoms with Crippen molar-refractivity contribution in [3.05, 3.63) is 23.8 Å². The van der Waals surface area contributed by atoms with Gasteiger partial charge in [-0.3, -0.25) is 0 Å². The molecule has 17 heavy (non-hydrogen) atoms. The van der Waals surface area contributed by atoms with Crippen LogP contribution in [0.15, 0.2) is 18.2 Å². The molecular weight excluding hydrogens is 216 g/mol. The number of nitriles is 1. The van der Waals surface area contributed by atoms with Crippen LogP contribution in [-0.4, -0.2) is 26.7 Å². The van der Waals surface area contributed by atoms with Crippen molar-refractivity contribution >= 4 is 11.0 Å². The molecule has 0 fully saturated rings. The SMILES string of the molecule is CC(C)C(CO)n1nnc2cc(C#N)ccc21. The number of rotatable bonds is 3. The van der Waals surface area contributed by atoms with E-state index in [0.717, 1.165) is 5.52 Å². The van der Waals surface area contributed by atoms with Gasteiger partial charge in [0.25, 0.3) is 0 Å². The van der Waals surface area contributed by atoms with E-state index < -0.39 is 0 Å². The number of nitrogens with zero attached hydrogens (tertiary/aromatic N) is 4. The number of aliphatic hydroxyl groups excluding tert-OH is 1. The van der Waals surface area contributed by atoms with Crippen LogP contribution in [-0.2, 0) is 0 Å². The van der Waals surface area contributed by atoms with Crippen molar-refractivity contribution in [2.24, 2.45) is 5.92 Å². The van der Waals surface area contributed by atoms with Crippen LogP contribution in [0.5, 0.6) is 0 Å². The van der Waals surface area contributed by atoms with Crippen LogP contribution in [0.4, 0.5) is 0 Å². The van der Waals surface area contributed by atoms with Crippen LogP contribution in [0.3, 0.4) is 0 Å². The van der Waals surface area contributed by atoms with Gasteiger partial charge in [0.05, 0.1) is 29.8 Å². The lowest BCUT2D eigenvalue weighted by Crippen LogP contribution is -2.20. The predicted octanol–water partition coefficient (Wildman–Crippen LogP) is 1.49. The standard InChI is InChI=1S/C12H14N4O/c1-8(2)12(7-17)16-11-4-3-9(6-13)5-10(11)14-15-16/h3-5,8,12,17H,7H2,1-2H3.